The van der Waals surface area contributed by atoms with Crippen molar-refractivity contribution < 1.29 is 4.79 Å². The predicted octanol–water partition coefficient (Wildman–Crippen LogP) is 2.82. The van der Waals surface area contributed by atoms with Crippen molar-refractivity contribution in [2.24, 2.45) is 17.8 Å². The van der Waals surface area contributed by atoms with Crippen LogP contribution in [0.1, 0.15) is 33.1 Å². The molecule has 64 valence electrons. The molecule has 0 aromatic carbocycles. The maximum absolute atomic E-state index is 10.9. The summed E-state index contributed by atoms with van der Waals surface area (Å²) in [4.78, 5) is 10.9. The summed E-state index contributed by atoms with van der Waals surface area (Å²) in [7, 11) is 0. The van der Waals surface area contributed by atoms with E-state index < -0.39 is 0 Å². The zero-order chi connectivity index (χ0) is 8.43. The molecule has 2 heteroatoms. The molecule has 0 saturated heterocycles. The van der Waals surface area contributed by atoms with E-state index in [0.717, 1.165) is 25.2 Å². The van der Waals surface area contributed by atoms with E-state index in [1.165, 1.54) is 0 Å². The highest BCUT2D eigenvalue weighted by Gasteiger charge is 2.29. The molecule has 1 rings (SSSR count). The molecule has 1 aliphatic rings. The molecule has 11 heavy (non-hydrogen) atoms. The molecule has 3 unspecified atom stereocenters. The van der Waals surface area contributed by atoms with Crippen LogP contribution in [-0.2, 0) is 4.79 Å². The molecule has 1 saturated carbocycles. The Hall–Kier alpha value is -0.0400. The van der Waals surface area contributed by atoms with Gasteiger partial charge in [0, 0.05) is 5.92 Å². The molecule has 1 fully saturated rings. The molecule has 0 aliphatic heterocycles. The van der Waals surface area contributed by atoms with Crippen LogP contribution in [0.3, 0.4) is 0 Å². The third-order valence-electron chi connectivity index (χ3n) is 2.72. The van der Waals surface area contributed by atoms with Gasteiger partial charge >= 0.3 is 0 Å². The third-order valence-corrected chi connectivity index (χ3v) is 3.00. The van der Waals surface area contributed by atoms with Gasteiger partial charge in [0.05, 0.1) is 0 Å². The van der Waals surface area contributed by atoms with E-state index in [9.17, 15) is 4.79 Å². The Morgan fingerprint density at radius 1 is 1.36 bits per heavy atom. The lowest BCUT2D eigenvalue weighted by Gasteiger charge is -2.29. The molecule has 1 nitrogen and oxygen atoms in total. The number of halogens is 1. The van der Waals surface area contributed by atoms with Crippen molar-refractivity contribution in [1.29, 1.82) is 0 Å². The minimum absolute atomic E-state index is 0.132. The van der Waals surface area contributed by atoms with E-state index in [1.54, 1.807) is 0 Å². The predicted molar refractivity (Wildman–Crippen MR) is 46.5 cm³/mol. The minimum atomic E-state index is -0.135. The molecule has 0 aromatic heterocycles. The van der Waals surface area contributed by atoms with Gasteiger partial charge in [-0.3, -0.25) is 4.79 Å². The second-order valence-corrected chi connectivity index (χ2v) is 4.18. The topological polar surface area (TPSA) is 17.1 Å². The zero-order valence-electron chi connectivity index (χ0n) is 7.14. The Labute approximate surface area is 73.1 Å². The number of hydrogen-bond donors (Lipinski definition) is 0. The second-order valence-electron chi connectivity index (χ2n) is 3.81. The van der Waals surface area contributed by atoms with Gasteiger partial charge < -0.3 is 0 Å². The summed E-state index contributed by atoms with van der Waals surface area (Å²) in [6, 6.07) is 0. The zero-order valence-corrected chi connectivity index (χ0v) is 7.90. The molecule has 0 radical (unpaired) electrons. The Morgan fingerprint density at radius 2 is 2.00 bits per heavy atom. The lowest BCUT2D eigenvalue weighted by atomic mass is 9.76. The van der Waals surface area contributed by atoms with Crippen molar-refractivity contribution in [2.45, 2.75) is 33.1 Å². The minimum Gasteiger partial charge on any atom is -0.281 e. The third kappa shape index (κ3) is 2.19. The van der Waals surface area contributed by atoms with Gasteiger partial charge in [-0.1, -0.05) is 13.8 Å². The molecule has 0 bridgehead atoms. The van der Waals surface area contributed by atoms with Crippen LogP contribution in [0, 0.1) is 17.8 Å². The Kier molecular flexibility index (Phi) is 2.94. The van der Waals surface area contributed by atoms with Gasteiger partial charge in [-0.15, -0.1) is 0 Å². The monoisotopic (exact) mass is 174 g/mol. The molecular formula is C9H15ClO. The molecular weight excluding hydrogens is 160 g/mol. The summed E-state index contributed by atoms with van der Waals surface area (Å²) in [5.74, 6) is 1.40. The number of hydrogen-bond acceptors (Lipinski definition) is 1. The summed E-state index contributed by atoms with van der Waals surface area (Å²) >= 11 is 5.46. The van der Waals surface area contributed by atoms with Gasteiger partial charge in [0.15, 0.2) is 0 Å². The fourth-order valence-corrected chi connectivity index (χ4v) is 2.33. The van der Waals surface area contributed by atoms with E-state index in [2.05, 4.69) is 13.8 Å². The number of carbonyl (C=O) groups excluding carboxylic acids is 1. The fourth-order valence-electron chi connectivity index (χ4n) is 2.00. The molecule has 0 spiro atoms. The van der Waals surface area contributed by atoms with Crippen molar-refractivity contribution in [1.82, 2.24) is 0 Å². The highest BCUT2D eigenvalue weighted by molar-refractivity contribution is 6.64. The van der Waals surface area contributed by atoms with Crippen LogP contribution in [0.25, 0.3) is 0 Å². The van der Waals surface area contributed by atoms with Crippen LogP contribution in [0.5, 0.6) is 0 Å². The first-order valence-corrected chi connectivity index (χ1v) is 4.68. The molecule has 0 amide bonds. The molecule has 1 aliphatic carbocycles. The number of rotatable bonds is 1. The maximum Gasteiger partial charge on any atom is 0.224 e. The van der Waals surface area contributed by atoms with Crippen molar-refractivity contribution in [2.75, 3.05) is 0 Å². The van der Waals surface area contributed by atoms with Crippen LogP contribution in [-0.4, -0.2) is 5.24 Å². The summed E-state index contributed by atoms with van der Waals surface area (Å²) in [6.45, 7) is 4.37. The van der Waals surface area contributed by atoms with E-state index in [1.807, 2.05) is 0 Å². The Morgan fingerprint density at radius 3 is 2.45 bits per heavy atom. The van der Waals surface area contributed by atoms with Gasteiger partial charge in [-0.2, -0.15) is 0 Å². The lowest BCUT2D eigenvalue weighted by Crippen LogP contribution is -2.25. The maximum atomic E-state index is 10.9. The molecule has 3 atom stereocenters. The van der Waals surface area contributed by atoms with E-state index in [0.29, 0.717) is 5.92 Å². The summed E-state index contributed by atoms with van der Waals surface area (Å²) < 4.78 is 0. The largest absolute Gasteiger partial charge is 0.281 e. The van der Waals surface area contributed by atoms with Crippen LogP contribution in [0.2, 0.25) is 0 Å². The van der Waals surface area contributed by atoms with Gasteiger partial charge in [0.1, 0.15) is 0 Å². The first kappa shape index (κ1) is 9.05. The van der Waals surface area contributed by atoms with Gasteiger partial charge in [0.2, 0.25) is 5.24 Å². The van der Waals surface area contributed by atoms with Crippen LogP contribution in [0.15, 0.2) is 0 Å². The van der Waals surface area contributed by atoms with Crippen molar-refractivity contribution in [3.63, 3.8) is 0 Å². The molecule has 0 N–H and O–H groups in total. The van der Waals surface area contributed by atoms with E-state index in [-0.39, 0.29) is 11.2 Å². The van der Waals surface area contributed by atoms with Gasteiger partial charge in [0.25, 0.3) is 0 Å². The summed E-state index contributed by atoms with van der Waals surface area (Å²) in [5, 5.41) is -0.135. The fraction of sp³-hybridized carbons (Fsp3) is 0.889. The van der Waals surface area contributed by atoms with Crippen LogP contribution >= 0.6 is 11.6 Å². The number of carbonyl (C=O) groups is 1. The Bertz CT molecular complexity index is 156. The average molecular weight is 175 g/mol. The highest BCUT2D eigenvalue weighted by atomic mass is 35.5. The molecule has 0 heterocycles. The lowest BCUT2D eigenvalue weighted by molar-refractivity contribution is -0.117. The van der Waals surface area contributed by atoms with Gasteiger partial charge in [-0.05, 0) is 42.7 Å². The summed E-state index contributed by atoms with van der Waals surface area (Å²) in [5.41, 5.74) is 0. The van der Waals surface area contributed by atoms with E-state index in [4.69, 9.17) is 11.6 Å². The highest BCUT2D eigenvalue weighted by Crippen LogP contribution is 2.34. The van der Waals surface area contributed by atoms with Crippen molar-refractivity contribution >= 4 is 16.8 Å². The average Bonchev–Trinajstić information content (AvgIpc) is 1.85. The first-order valence-electron chi connectivity index (χ1n) is 4.30. The van der Waals surface area contributed by atoms with Crippen LogP contribution in [0.4, 0.5) is 0 Å². The van der Waals surface area contributed by atoms with E-state index >= 15 is 0 Å². The SMILES string of the molecule is CC1CCC(C(=O)Cl)C(C)C1. The molecule has 0 aromatic rings. The van der Waals surface area contributed by atoms with Crippen molar-refractivity contribution in [3.05, 3.63) is 0 Å². The second kappa shape index (κ2) is 3.57. The summed E-state index contributed by atoms with van der Waals surface area (Å²) in [6.07, 6.45) is 3.31. The van der Waals surface area contributed by atoms with Gasteiger partial charge in [-0.25, -0.2) is 0 Å². The van der Waals surface area contributed by atoms with Crippen LogP contribution < -0.4 is 0 Å². The standard InChI is InChI=1S/C9H15ClO/c1-6-3-4-8(9(10)11)7(2)5-6/h6-8H,3-5H2,1-2H3. The smallest absolute Gasteiger partial charge is 0.224 e. The Balaban J connectivity index is 2.50. The van der Waals surface area contributed by atoms with Crippen molar-refractivity contribution in [3.8, 4) is 0 Å². The first-order chi connectivity index (χ1) is 5.11. The quantitative estimate of drug-likeness (QED) is 0.559. The normalized spacial score (nSPS) is 38.6.